The maximum absolute atomic E-state index is 13.0. The summed E-state index contributed by atoms with van der Waals surface area (Å²) in [5, 5.41) is 6.43. The molecule has 0 saturated carbocycles. The Balaban J connectivity index is 1.82. The molecule has 0 saturated heterocycles. The van der Waals surface area contributed by atoms with Gasteiger partial charge in [-0.15, -0.1) is 0 Å². The molecule has 1 heterocycles. The molecule has 1 aromatic carbocycles. The fourth-order valence-corrected chi connectivity index (χ4v) is 2.97. The molecule has 126 valence electrons. The van der Waals surface area contributed by atoms with Crippen LogP contribution < -0.4 is 5.32 Å². The highest BCUT2D eigenvalue weighted by molar-refractivity contribution is 6.05. The van der Waals surface area contributed by atoms with Crippen molar-refractivity contribution < 1.29 is 13.6 Å². The third-order valence-electron chi connectivity index (χ3n) is 4.13. The van der Waals surface area contributed by atoms with Crippen molar-refractivity contribution in [1.82, 2.24) is 9.78 Å². The lowest BCUT2D eigenvalue weighted by Gasteiger charge is -2.11. The molecule has 0 spiro atoms. The van der Waals surface area contributed by atoms with Crippen molar-refractivity contribution in [2.45, 2.75) is 32.1 Å². The number of carbonyl (C=O) groups excluding carboxylic acids is 1. The Morgan fingerprint density at radius 1 is 1.38 bits per heavy atom. The Labute approximate surface area is 139 Å². The lowest BCUT2D eigenvalue weighted by atomic mass is 10.0. The zero-order chi connectivity index (χ0) is 17.1. The van der Waals surface area contributed by atoms with E-state index in [9.17, 15) is 13.6 Å². The predicted octanol–water partition coefficient (Wildman–Crippen LogP) is 4.26. The van der Waals surface area contributed by atoms with Crippen LogP contribution >= 0.6 is 0 Å². The lowest BCUT2D eigenvalue weighted by Crippen LogP contribution is -2.15. The molecule has 0 aliphatic heterocycles. The van der Waals surface area contributed by atoms with Crippen LogP contribution in [0.25, 0.3) is 0 Å². The van der Waals surface area contributed by atoms with Crippen LogP contribution in [0.3, 0.4) is 0 Å². The van der Waals surface area contributed by atoms with Gasteiger partial charge in [-0.05, 0) is 37.3 Å². The van der Waals surface area contributed by atoms with E-state index >= 15 is 0 Å². The van der Waals surface area contributed by atoms with Gasteiger partial charge in [-0.1, -0.05) is 29.8 Å². The number of para-hydroxylation sites is 1. The van der Waals surface area contributed by atoms with E-state index in [2.05, 4.69) is 16.5 Å². The first-order valence-electron chi connectivity index (χ1n) is 7.93. The summed E-state index contributed by atoms with van der Waals surface area (Å²) in [5.74, 6) is -0.564. The van der Waals surface area contributed by atoms with Crippen LogP contribution in [0.1, 0.15) is 47.3 Å². The van der Waals surface area contributed by atoms with Crippen LogP contribution in [-0.4, -0.2) is 15.7 Å². The second kappa shape index (κ2) is 6.95. The number of hydrogen-bond acceptors (Lipinski definition) is 2. The van der Waals surface area contributed by atoms with Gasteiger partial charge < -0.3 is 5.32 Å². The van der Waals surface area contributed by atoms with Crippen molar-refractivity contribution in [2.24, 2.45) is 7.05 Å². The standard InChI is InChI=1S/C18H19F2N3O/c1-23-11-14(16(22-23)17(19)20)18(24)21-15-9-5-4-8-13(15)10-12-6-2-3-7-12/h4-6,8-9,11,17H,2-3,7,10H2,1H3,(H,21,24). The van der Waals surface area contributed by atoms with Gasteiger partial charge in [0.2, 0.25) is 0 Å². The molecule has 1 aliphatic rings. The maximum Gasteiger partial charge on any atom is 0.282 e. The molecule has 6 heteroatoms. The van der Waals surface area contributed by atoms with Gasteiger partial charge in [-0.25, -0.2) is 8.78 Å². The minimum Gasteiger partial charge on any atom is -0.322 e. The van der Waals surface area contributed by atoms with Crippen molar-refractivity contribution in [3.05, 3.63) is 58.9 Å². The molecule has 24 heavy (non-hydrogen) atoms. The average molecular weight is 331 g/mol. The fraction of sp³-hybridized carbons (Fsp3) is 0.333. The number of rotatable bonds is 5. The summed E-state index contributed by atoms with van der Waals surface area (Å²) < 4.78 is 27.3. The van der Waals surface area contributed by atoms with E-state index in [4.69, 9.17) is 0 Å². The average Bonchev–Trinajstić information content (AvgIpc) is 3.18. The van der Waals surface area contributed by atoms with Crippen LogP contribution in [0.4, 0.5) is 14.5 Å². The normalized spacial score (nSPS) is 14.1. The van der Waals surface area contributed by atoms with E-state index in [1.54, 1.807) is 6.07 Å². The smallest absolute Gasteiger partial charge is 0.282 e. The largest absolute Gasteiger partial charge is 0.322 e. The summed E-state index contributed by atoms with van der Waals surface area (Å²) in [5.41, 5.74) is 2.40. The number of nitrogens with one attached hydrogen (secondary N) is 1. The van der Waals surface area contributed by atoms with Gasteiger partial charge in [0.15, 0.2) is 0 Å². The molecule has 1 amide bonds. The van der Waals surface area contributed by atoms with Crippen molar-refractivity contribution in [1.29, 1.82) is 0 Å². The monoisotopic (exact) mass is 331 g/mol. The summed E-state index contributed by atoms with van der Waals surface area (Å²) in [7, 11) is 1.52. The van der Waals surface area contributed by atoms with Gasteiger partial charge in [-0.3, -0.25) is 9.48 Å². The minimum absolute atomic E-state index is 0.0950. The molecule has 0 atom stereocenters. The highest BCUT2D eigenvalue weighted by atomic mass is 19.3. The summed E-state index contributed by atoms with van der Waals surface area (Å²) >= 11 is 0. The van der Waals surface area contributed by atoms with Gasteiger partial charge in [0, 0.05) is 18.9 Å². The number of amides is 1. The highest BCUT2D eigenvalue weighted by Crippen LogP contribution is 2.27. The molecular formula is C18H19F2N3O. The van der Waals surface area contributed by atoms with Crippen molar-refractivity contribution >= 4 is 11.6 Å². The number of anilines is 1. The molecule has 0 fully saturated rings. The SMILES string of the molecule is Cn1cc(C(=O)Nc2ccccc2CC2=CCCC2)c(C(F)F)n1. The van der Waals surface area contributed by atoms with Crippen LogP contribution in [-0.2, 0) is 13.5 Å². The Hall–Kier alpha value is -2.50. The molecule has 1 aromatic heterocycles. The molecular weight excluding hydrogens is 312 g/mol. The highest BCUT2D eigenvalue weighted by Gasteiger charge is 2.23. The number of alkyl halides is 2. The summed E-state index contributed by atoms with van der Waals surface area (Å²) in [6.07, 6.45) is 4.86. The molecule has 1 N–H and O–H groups in total. The summed E-state index contributed by atoms with van der Waals surface area (Å²) in [6.45, 7) is 0. The zero-order valence-electron chi connectivity index (χ0n) is 13.4. The lowest BCUT2D eigenvalue weighted by molar-refractivity contribution is 0.101. The van der Waals surface area contributed by atoms with Gasteiger partial charge in [0.1, 0.15) is 5.69 Å². The van der Waals surface area contributed by atoms with Crippen LogP contribution in [0.5, 0.6) is 0 Å². The quantitative estimate of drug-likeness (QED) is 0.832. The zero-order valence-corrected chi connectivity index (χ0v) is 13.4. The second-order valence-corrected chi connectivity index (χ2v) is 5.95. The number of nitrogens with zero attached hydrogens (tertiary/aromatic N) is 2. The second-order valence-electron chi connectivity index (χ2n) is 5.95. The summed E-state index contributed by atoms with van der Waals surface area (Å²) in [4.78, 5) is 12.4. The Morgan fingerprint density at radius 2 is 2.17 bits per heavy atom. The van der Waals surface area contributed by atoms with E-state index in [-0.39, 0.29) is 5.56 Å². The van der Waals surface area contributed by atoms with Gasteiger partial charge in [0.05, 0.1) is 5.56 Å². The first kappa shape index (κ1) is 16.4. The van der Waals surface area contributed by atoms with E-state index in [0.29, 0.717) is 5.69 Å². The van der Waals surface area contributed by atoms with Gasteiger partial charge >= 0.3 is 0 Å². The third kappa shape index (κ3) is 3.53. The number of hydrogen-bond donors (Lipinski definition) is 1. The Bertz CT molecular complexity index is 780. The number of aryl methyl sites for hydroxylation is 1. The number of allylic oxidation sites excluding steroid dienone is 2. The molecule has 2 aromatic rings. The maximum atomic E-state index is 13.0. The molecule has 4 nitrogen and oxygen atoms in total. The first-order chi connectivity index (χ1) is 11.5. The van der Waals surface area contributed by atoms with E-state index in [0.717, 1.165) is 31.2 Å². The van der Waals surface area contributed by atoms with Crippen molar-refractivity contribution in [2.75, 3.05) is 5.32 Å². The van der Waals surface area contributed by atoms with Crippen molar-refractivity contribution in [3.63, 3.8) is 0 Å². The van der Waals surface area contributed by atoms with Crippen LogP contribution in [0, 0.1) is 0 Å². The topological polar surface area (TPSA) is 46.9 Å². The number of halogens is 2. The number of benzene rings is 1. The molecule has 0 bridgehead atoms. The Kier molecular flexibility index (Phi) is 4.74. The molecule has 1 aliphatic carbocycles. The number of aromatic nitrogens is 2. The van der Waals surface area contributed by atoms with E-state index in [1.165, 1.54) is 23.5 Å². The summed E-state index contributed by atoms with van der Waals surface area (Å²) in [6, 6.07) is 7.47. The van der Waals surface area contributed by atoms with E-state index < -0.39 is 18.0 Å². The third-order valence-corrected chi connectivity index (χ3v) is 4.13. The van der Waals surface area contributed by atoms with Gasteiger partial charge in [-0.2, -0.15) is 5.10 Å². The first-order valence-corrected chi connectivity index (χ1v) is 7.93. The van der Waals surface area contributed by atoms with Crippen LogP contribution in [0.2, 0.25) is 0 Å². The number of carbonyl (C=O) groups is 1. The minimum atomic E-state index is -2.79. The fourth-order valence-electron chi connectivity index (χ4n) is 2.97. The van der Waals surface area contributed by atoms with E-state index in [1.807, 2.05) is 18.2 Å². The molecule has 0 unspecified atom stereocenters. The predicted molar refractivity (Wildman–Crippen MR) is 88.2 cm³/mol. The van der Waals surface area contributed by atoms with Crippen molar-refractivity contribution in [3.8, 4) is 0 Å². The van der Waals surface area contributed by atoms with Crippen LogP contribution in [0.15, 0.2) is 42.1 Å². The molecule has 0 radical (unpaired) electrons. The Morgan fingerprint density at radius 3 is 2.88 bits per heavy atom. The van der Waals surface area contributed by atoms with Gasteiger partial charge in [0.25, 0.3) is 12.3 Å². The molecule has 3 rings (SSSR count).